The van der Waals surface area contributed by atoms with Crippen LogP contribution in [0.25, 0.3) is 0 Å². The fourth-order valence-electron chi connectivity index (χ4n) is 2.04. The van der Waals surface area contributed by atoms with Crippen molar-refractivity contribution in [3.8, 4) is 0 Å². The van der Waals surface area contributed by atoms with Gasteiger partial charge >= 0.3 is 5.97 Å². The molecule has 0 aromatic heterocycles. The molecule has 0 saturated carbocycles. The lowest BCUT2D eigenvalue weighted by molar-refractivity contribution is -0.143. The van der Waals surface area contributed by atoms with Gasteiger partial charge in [-0.2, -0.15) is 0 Å². The van der Waals surface area contributed by atoms with E-state index in [2.05, 4.69) is 28.1 Å². The van der Waals surface area contributed by atoms with Gasteiger partial charge in [0.05, 0.1) is 5.92 Å². The van der Waals surface area contributed by atoms with E-state index in [4.69, 9.17) is 4.74 Å². The minimum Gasteiger partial charge on any atom is -0.461 e. The third kappa shape index (κ3) is 2.85. The number of rotatable bonds is 4. The summed E-state index contributed by atoms with van der Waals surface area (Å²) in [7, 11) is 0. The Bertz CT molecular complexity index is 350. The largest absolute Gasteiger partial charge is 0.461 e. The summed E-state index contributed by atoms with van der Waals surface area (Å²) in [4.78, 5) is 11.5. The summed E-state index contributed by atoms with van der Waals surface area (Å²) >= 11 is 3.35. The fraction of sp³-hybridized carbons (Fsp3) is 0.462. The van der Waals surface area contributed by atoms with Crippen molar-refractivity contribution in [3.63, 3.8) is 0 Å². The Morgan fingerprint density at radius 2 is 2.06 bits per heavy atom. The molecule has 0 N–H and O–H groups in total. The van der Waals surface area contributed by atoms with Crippen molar-refractivity contribution in [2.24, 2.45) is 5.92 Å². The van der Waals surface area contributed by atoms with E-state index in [1.54, 1.807) is 0 Å². The highest BCUT2D eigenvalue weighted by Gasteiger charge is 2.33. The monoisotopic (exact) mass is 282 g/mol. The average Bonchev–Trinajstić information content (AvgIpc) is 2.69. The van der Waals surface area contributed by atoms with Crippen LogP contribution < -0.4 is 0 Å². The van der Waals surface area contributed by atoms with E-state index < -0.39 is 0 Å². The van der Waals surface area contributed by atoms with Crippen LogP contribution in [0.5, 0.6) is 0 Å². The summed E-state index contributed by atoms with van der Waals surface area (Å²) in [5.41, 5.74) is 1.29. The second-order valence-electron chi connectivity index (χ2n) is 4.17. The van der Waals surface area contributed by atoms with Crippen LogP contribution in [0.2, 0.25) is 0 Å². The molecule has 2 rings (SSSR count). The normalized spacial score (nSPS) is 24.4. The molecular formula is C13H15BrO2. The van der Waals surface area contributed by atoms with Gasteiger partial charge in [0.25, 0.3) is 0 Å². The van der Waals surface area contributed by atoms with Crippen molar-refractivity contribution in [3.05, 3.63) is 35.9 Å². The van der Waals surface area contributed by atoms with Crippen LogP contribution in [-0.2, 0) is 16.0 Å². The third-order valence-corrected chi connectivity index (χ3v) is 3.68. The lowest BCUT2D eigenvalue weighted by Gasteiger charge is -2.04. The lowest BCUT2D eigenvalue weighted by Crippen LogP contribution is -2.08. The Morgan fingerprint density at radius 3 is 2.69 bits per heavy atom. The van der Waals surface area contributed by atoms with Crippen LogP contribution in [0.4, 0.5) is 0 Å². The van der Waals surface area contributed by atoms with Crippen LogP contribution in [0.1, 0.15) is 18.4 Å². The molecule has 2 nitrogen and oxygen atoms in total. The molecule has 0 amide bonds. The van der Waals surface area contributed by atoms with E-state index in [0.717, 1.165) is 24.6 Å². The number of hydrogen-bond donors (Lipinski definition) is 0. The zero-order chi connectivity index (χ0) is 11.4. The number of esters is 1. The Morgan fingerprint density at radius 1 is 1.31 bits per heavy atom. The molecule has 86 valence electrons. The maximum atomic E-state index is 11.5. The molecule has 2 unspecified atom stereocenters. The van der Waals surface area contributed by atoms with Gasteiger partial charge in [0.2, 0.25) is 0 Å². The van der Waals surface area contributed by atoms with E-state index in [9.17, 15) is 4.79 Å². The standard InChI is InChI=1S/C13H15BrO2/c14-9-12-8-11(13(15)16-12)7-6-10-4-2-1-3-5-10/h1-5,11-12H,6-9H2. The van der Waals surface area contributed by atoms with Gasteiger partial charge in [-0.25, -0.2) is 0 Å². The maximum Gasteiger partial charge on any atom is 0.309 e. The molecule has 0 radical (unpaired) electrons. The first-order chi connectivity index (χ1) is 7.79. The van der Waals surface area contributed by atoms with Gasteiger partial charge < -0.3 is 4.74 Å². The van der Waals surface area contributed by atoms with Crippen LogP contribution in [0.3, 0.4) is 0 Å². The van der Waals surface area contributed by atoms with Crippen molar-refractivity contribution in [1.82, 2.24) is 0 Å². The molecular weight excluding hydrogens is 268 g/mol. The smallest absolute Gasteiger partial charge is 0.309 e. The summed E-state index contributed by atoms with van der Waals surface area (Å²) in [6.45, 7) is 0. The van der Waals surface area contributed by atoms with Crippen molar-refractivity contribution in [1.29, 1.82) is 0 Å². The molecule has 2 atom stereocenters. The predicted molar refractivity (Wildman–Crippen MR) is 66.5 cm³/mol. The molecule has 0 bridgehead atoms. The number of aryl methyl sites for hydroxylation is 1. The van der Waals surface area contributed by atoms with Crippen molar-refractivity contribution in [2.75, 3.05) is 5.33 Å². The van der Waals surface area contributed by atoms with Crippen molar-refractivity contribution in [2.45, 2.75) is 25.4 Å². The highest BCUT2D eigenvalue weighted by molar-refractivity contribution is 9.09. The van der Waals surface area contributed by atoms with Gasteiger partial charge in [-0.3, -0.25) is 4.79 Å². The van der Waals surface area contributed by atoms with Crippen molar-refractivity contribution >= 4 is 21.9 Å². The molecule has 1 aromatic carbocycles. The number of alkyl halides is 1. The van der Waals surface area contributed by atoms with Crippen LogP contribution >= 0.6 is 15.9 Å². The molecule has 1 heterocycles. The van der Waals surface area contributed by atoms with Crippen LogP contribution in [0, 0.1) is 5.92 Å². The maximum absolute atomic E-state index is 11.5. The molecule has 0 aliphatic carbocycles. The number of hydrogen-bond acceptors (Lipinski definition) is 2. The zero-order valence-electron chi connectivity index (χ0n) is 9.06. The first-order valence-electron chi connectivity index (χ1n) is 5.60. The van der Waals surface area contributed by atoms with Gasteiger partial charge in [0.15, 0.2) is 0 Å². The zero-order valence-corrected chi connectivity index (χ0v) is 10.7. The number of halogens is 1. The second-order valence-corrected chi connectivity index (χ2v) is 4.82. The minimum absolute atomic E-state index is 0.0274. The first kappa shape index (κ1) is 11.6. The van der Waals surface area contributed by atoms with Gasteiger partial charge in [0.1, 0.15) is 6.10 Å². The van der Waals surface area contributed by atoms with Crippen LogP contribution in [-0.4, -0.2) is 17.4 Å². The molecule has 1 aliphatic rings. The molecule has 1 fully saturated rings. The second kappa shape index (κ2) is 5.48. The highest BCUT2D eigenvalue weighted by Crippen LogP contribution is 2.26. The van der Waals surface area contributed by atoms with Gasteiger partial charge in [-0.15, -0.1) is 0 Å². The predicted octanol–water partition coefficient (Wildman–Crippen LogP) is 2.95. The van der Waals surface area contributed by atoms with E-state index in [0.29, 0.717) is 0 Å². The summed E-state index contributed by atoms with van der Waals surface area (Å²) in [5, 5.41) is 0.751. The Balaban J connectivity index is 1.85. The summed E-state index contributed by atoms with van der Waals surface area (Å²) < 4.78 is 5.23. The molecule has 0 spiro atoms. The van der Waals surface area contributed by atoms with E-state index >= 15 is 0 Å². The highest BCUT2D eigenvalue weighted by atomic mass is 79.9. The fourth-order valence-corrected chi connectivity index (χ4v) is 2.43. The Labute approximate surface area is 104 Å². The number of cyclic esters (lactones) is 1. The first-order valence-corrected chi connectivity index (χ1v) is 6.72. The average molecular weight is 283 g/mol. The van der Waals surface area contributed by atoms with Gasteiger partial charge in [-0.05, 0) is 24.8 Å². The van der Waals surface area contributed by atoms with E-state index in [-0.39, 0.29) is 18.0 Å². The number of carbonyl (C=O) groups excluding carboxylic acids is 1. The van der Waals surface area contributed by atoms with Gasteiger partial charge in [-0.1, -0.05) is 46.3 Å². The molecule has 3 heteroatoms. The Kier molecular flexibility index (Phi) is 3.99. The Hall–Kier alpha value is -0.830. The van der Waals surface area contributed by atoms with E-state index in [1.165, 1.54) is 5.56 Å². The quantitative estimate of drug-likeness (QED) is 0.627. The molecule has 1 saturated heterocycles. The molecule has 1 aliphatic heterocycles. The summed E-state index contributed by atoms with van der Waals surface area (Å²) in [5.74, 6) is 0.0585. The molecule has 1 aromatic rings. The minimum atomic E-state index is -0.0274. The van der Waals surface area contributed by atoms with Crippen molar-refractivity contribution < 1.29 is 9.53 Å². The lowest BCUT2D eigenvalue weighted by atomic mass is 9.97. The topological polar surface area (TPSA) is 26.3 Å². The SMILES string of the molecule is O=C1OC(CBr)CC1CCc1ccccc1. The van der Waals surface area contributed by atoms with Gasteiger partial charge in [0, 0.05) is 5.33 Å². The number of carbonyl (C=O) groups is 1. The number of ether oxygens (including phenoxy) is 1. The number of benzene rings is 1. The summed E-state index contributed by atoms with van der Waals surface area (Å²) in [6, 6.07) is 10.3. The van der Waals surface area contributed by atoms with E-state index in [1.807, 2.05) is 18.2 Å². The molecule has 16 heavy (non-hydrogen) atoms. The van der Waals surface area contributed by atoms with Crippen LogP contribution in [0.15, 0.2) is 30.3 Å². The third-order valence-electron chi connectivity index (χ3n) is 2.96. The summed E-state index contributed by atoms with van der Waals surface area (Å²) in [6.07, 6.45) is 2.78.